The molecule has 0 saturated carbocycles. The third-order valence-corrected chi connectivity index (χ3v) is 6.79. The number of methoxy groups -OCH3 is 1. The number of pyridine rings is 1. The van der Waals surface area contributed by atoms with Gasteiger partial charge in [-0.25, -0.2) is 14.6 Å². The van der Waals surface area contributed by atoms with Crippen LogP contribution in [0.1, 0.15) is 25.3 Å². The zero-order valence-corrected chi connectivity index (χ0v) is 21.7. The smallest absolute Gasteiger partial charge is 0.336 e. The number of nitrogens with one attached hydrogen (secondary N) is 1. The SMILES string of the molecule is COC(=O)C1=C(C)NC(C)=C(C(=O)OCCN2CCN(c3ccccn3)CC2)C1c1cccc([N+](=O)[O-])c1. The van der Waals surface area contributed by atoms with Crippen molar-refractivity contribution in [2.24, 2.45) is 0 Å². The van der Waals surface area contributed by atoms with Crippen molar-refractivity contribution in [2.75, 3.05) is 51.3 Å². The second kappa shape index (κ2) is 11.9. The van der Waals surface area contributed by atoms with Gasteiger partial charge in [-0.3, -0.25) is 15.0 Å². The summed E-state index contributed by atoms with van der Waals surface area (Å²) in [5.74, 6) is -1.15. The van der Waals surface area contributed by atoms with E-state index in [4.69, 9.17) is 9.47 Å². The molecule has 2 aromatic rings. The first-order chi connectivity index (χ1) is 18.3. The van der Waals surface area contributed by atoms with Crippen molar-refractivity contribution in [1.82, 2.24) is 15.2 Å². The maximum Gasteiger partial charge on any atom is 0.336 e. The van der Waals surface area contributed by atoms with Crippen LogP contribution in [0, 0.1) is 10.1 Å². The molecule has 1 fully saturated rings. The van der Waals surface area contributed by atoms with Gasteiger partial charge in [0.25, 0.3) is 5.69 Å². The molecule has 200 valence electrons. The van der Waals surface area contributed by atoms with Crippen molar-refractivity contribution in [2.45, 2.75) is 19.8 Å². The van der Waals surface area contributed by atoms with Gasteiger partial charge in [0.2, 0.25) is 0 Å². The lowest BCUT2D eigenvalue weighted by Crippen LogP contribution is -2.47. The fourth-order valence-electron chi connectivity index (χ4n) is 4.88. The summed E-state index contributed by atoms with van der Waals surface area (Å²) in [6.45, 7) is 7.40. The Morgan fingerprint density at radius 2 is 1.76 bits per heavy atom. The number of hydrogen-bond acceptors (Lipinski definition) is 10. The van der Waals surface area contributed by atoms with Gasteiger partial charge < -0.3 is 19.7 Å². The van der Waals surface area contributed by atoms with Crippen LogP contribution in [-0.4, -0.2) is 73.2 Å². The minimum absolute atomic E-state index is 0.141. The fraction of sp³-hybridized carbons (Fsp3) is 0.370. The quantitative estimate of drug-likeness (QED) is 0.315. The summed E-state index contributed by atoms with van der Waals surface area (Å²) < 4.78 is 10.7. The van der Waals surface area contributed by atoms with Gasteiger partial charge >= 0.3 is 11.9 Å². The molecule has 11 heteroatoms. The van der Waals surface area contributed by atoms with E-state index in [2.05, 4.69) is 20.1 Å². The number of piperazine rings is 1. The number of dihydropyridines is 1. The summed E-state index contributed by atoms with van der Waals surface area (Å²) in [5.41, 5.74) is 1.73. The molecule has 0 bridgehead atoms. The lowest BCUT2D eigenvalue weighted by Gasteiger charge is -2.35. The number of ether oxygens (including phenoxy) is 2. The molecule has 3 heterocycles. The number of carbonyl (C=O) groups is 2. The molecule has 11 nitrogen and oxygen atoms in total. The second-order valence-electron chi connectivity index (χ2n) is 9.13. The average Bonchev–Trinajstić information content (AvgIpc) is 2.93. The minimum Gasteiger partial charge on any atom is -0.466 e. The average molecular weight is 522 g/mol. The fourth-order valence-corrected chi connectivity index (χ4v) is 4.88. The maximum absolute atomic E-state index is 13.4. The molecular formula is C27H31N5O6. The molecule has 2 aliphatic rings. The molecule has 2 aliphatic heterocycles. The van der Waals surface area contributed by atoms with Gasteiger partial charge in [0, 0.05) is 62.4 Å². The number of nitro benzene ring substituents is 1. The van der Waals surface area contributed by atoms with E-state index in [-0.39, 0.29) is 23.4 Å². The van der Waals surface area contributed by atoms with E-state index in [0.29, 0.717) is 23.5 Å². The predicted molar refractivity (Wildman–Crippen MR) is 140 cm³/mol. The van der Waals surface area contributed by atoms with Crippen LogP contribution in [0.3, 0.4) is 0 Å². The monoisotopic (exact) mass is 521 g/mol. The molecule has 1 N–H and O–H groups in total. The predicted octanol–water partition coefficient (Wildman–Crippen LogP) is 2.76. The van der Waals surface area contributed by atoms with Crippen LogP contribution in [0.25, 0.3) is 0 Å². The van der Waals surface area contributed by atoms with Crippen LogP contribution in [0.4, 0.5) is 11.5 Å². The van der Waals surface area contributed by atoms with Crippen molar-refractivity contribution >= 4 is 23.4 Å². The number of carbonyl (C=O) groups excluding carboxylic acids is 2. The maximum atomic E-state index is 13.4. The van der Waals surface area contributed by atoms with Crippen molar-refractivity contribution in [3.05, 3.63) is 86.9 Å². The van der Waals surface area contributed by atoms with Crippen LogP contribution in [0.2, 0.25) is 0 Å². The number of hydrogen-bond donors (Lipinski definition) is 1. The largest absolute Gasteiger partial charge is 0.466 e. The van der Waals surface area contributed by atoms with Crippen molar-refractivity contribution in [3.63, 3.8) is 0 Å². The van der Waals surface area contributed by atoms with Gasteiger partial charge in [-0.1, -0.05) is 18.2 Å². The van der Waals surface area contributed by atoms with E-state index in [9.17, 15) is 19.7 Å². The Bertz CT molecular complexity index is 1270. The number of nitrogens with zero attached hydrogens (tertiary/aromatic N) is 4. The van der Waals surface area contributed by atoms with Gasteiger partial charge in [-0.15, -0.1) is 0 Å². The Morgan fingerprint density at radius 3 is 2.39 bits per heavy atom. The molecule has 0 radical (unpaired) electrons. The summed E-state index contributed by atoms with van der Waals surface area (Å²) in [5, 5.41) is 14.5. The minimum atomic E-state index is -0.877. The van der Waals surface area contributed by atoms with Crippen LogP contribution in [0.5, 0.6) is 0 Å². The Labute approximate surface area is 220 Å². The summed E-state index contributed by atoms with van der Waals surface area (Å²) in [6.07, 6.45) is 1.78. The highest BCUT2D eigenvalue weighted by molar-refractivity contribution is 5.99. The summed E-state index contributed by atoms with van der Waals surface area (Å²) in [7, 11) is 1.25. The molecule has 0 aliphatic carbocycles. The Morgan fingerprint density at radius 1 is 1.05 bits per heavy atom. The Kier molecular flexibility index (Phi) is 8.37. The number of benzene rings is 1. The molecule has 1 unspecified atom stereocenters. The van der Waals surface area contributed by atoms with Gasteiger partial charge in [0.1, 0.15) is 12.4 Å². The van der Waals surface area contributed by atoms with Crippen molar-refractivity contribution < 1.29 is 24.0 Å². The molecular weight excluding hydrogens is 490 g/mol. The zero-order valence-electron chi connectivity index (χ0n) is 21.7. The van der Waals surface area contributed by atoms with Crippen LogP contribution < -0.4 is 10.2 Å². The molecule has 0 amide bonds. The first-order valence-electron chi connectivity index (χ1n) is 12.4. The molecule has 38 heavy (non-hydrogen) atoms. The zero-order chi connectivity index (χ0) is 27.2. The van der Waals surface area contributed by atoms with Crippen LogP contribution in [-0.2, 0) is 19.1 Å². The number of aromatic nitrogens is 1. The van der Waals surface area contributed by atoms with E-state index in [1.54, 1.807) is 26.1 Å². The van der Waals surface area contributed by atoms with E-state index in [0.717, 1.165) is 32.0 Å². The van der Waals surface area contributed by atoms with Gasteiger partial charge in [-0.2, -0.15) is 0 Å². The number of nitro groups is 1. The van der Waals surface area contributed by atoms with E-state index in [1.165, 1.54) is 25.3 Å². The molecule has 1 saturated heterocycles. The summed E-state index contributed by atoms with van der Waals surface area (Å²) >= 11 is 0. The molecule has 1 aromatic heterocycles. The van der Waals surface area contributed by atoms with Crippen LogP contribution >= 0.6 is 0 Å². The van der Waals surface area contributed by atoms with Gasteiger partial charge in [0.05, 0.1) is 29.1 Å². The number of anilines is 1. The first kappa shape index (κ1) is 26.8. The van der Waals surface area contributed by atoms with E-state index < -0.39 is 22.8 Å². The Hall–Kier alpha value is -4.25. The standard InChI is InChI=1S/C27H31N5O6/c1-18-23(26(33)37-3)25(20-7-6-8-21(17-20)32(35)36)24(19(2)29-18)27(34)38-16-15-30-11-13-31(14-12-30)22-9-4-5-10-28-22/h4-10,17,25,29H,11-16H2,1-3H3. The van der Waals surface area contributed by atoms with Crippen molar-refractivity contribution in [1.29, 1.82) is 0 Å². The van der Waals surface area contributed by atoms with Crippen LogP contribution in [0.15, 0.2) is 71.2 Å². The highest BCUT2D eigenvalue weighted by atomic mass is 16.6. The van der Waals surface area contributed by atoms with E-state index >= 15 is 0 Å². The number of esters is 2. The number of allylic oxidation sites excluding steroid dienone is 2. The van der Waals surface area contributed by atoms with Gasteiger partial charge in [-0.05, 0) is 31.5 Å². The highest BCUT2D eigenvalue weighted by Crippen LogP contribution is 2.40. The third kappa shape index (κ3) is 5.83. The molecule has 0 spiro atoms. The second-order valence-corrected chi connectivity index (χ2v) is 9.13. The molecule has 4 rings (SSSR count). The lowest BCUT2D eigenvalue weighted by atomic mass is 9.80. The highest BCUT2D eigenvalue weighted by Gasteiger charge is 2.38. The molecule has 1 atom stereocenters. The normalized spacial score (nSPS) is 18.2. The van der Waals surface area contributed by atoms with Crippen molar-refractivity contribution in [3.8, 4) is 0 Å². The lowest BCUT2D eigenvalue weighted by molar-refractivity contribution is -0.384. The topological polar surface area (TPSA) is 127 Å². The number of non-ortho nitro benzene ring substituents is 1. The van der Waals surface area contributed by atoms with E-state index in [1.807, 2.05) is 18.2 Å². The molecule has 1 aromatic carbocycles. The summed E-state index contributed by atoms with van der Waals surface area (Å²) in [4.78, 5) is 45.9. The third-order valence-electron chi connectivity index (χ3n) is 6.79. The summed E-state index contributed by atoms with van der Waals surface area (Å²) in [6, 6.07) is 11.8. The Balaban J connectivity index is 1.47. The first-order valence-corrected chi connectivity index (χ1v) is 12.4. The van der Waals surface area contributed by atoms with Gasteiger partial charge in [0.15, 0.2) is 0 Å². The number of rotatable bonds is 8.